The van der Waals surface area contributed by atoms with Crippen LogP contribution in [0, 0.1) is 12.8 Å². The van der Waals surface area contributed by atoms with Gasteiger partial charge in [0.15, 0.2) is 15.0 Å². The summed E-state index contributed by atoms with van der Waals surface area (Å²) in [6.45, 7) is 2.92. The van der Waals surface area contributed by atoms with Crippen molar-refractivity contribution in [3.63, 3.8) is 0 Å². The standard InChI is InChI=1S/C22H28ClN3O5S2/c1-14-10-17(33(29,30)16-4-2-3-5-16)12-20(27)26(14)18(11-15-6-8-31-9-7-15)21(28)25-22-24-13-19(23)32-22/h10,12-13,15-16,18H,2-9,11H2,1H3,(H,24,25,28). The Morgan fingerprint density at radius 2 is 1.97 bits per heavy atom. The summed E-state index contributed by atoms with van der Waals surface area (Å²) in [5, 5.41) is 2.68. The van der Waals surface area contributed by atoms with Crippen LogP contribution in [-0.2, 0) is 19.4 Å². The second-order valence-electron chi connectivity index (χ2n) is 8.76. The Bertz CT molecular complexity index is 1160. The van der Waals surface area contributed by atoms with E-state index in [1.807, 2.05) is 0 Å². The zero-order chi connectivity index (χ0) is 23.6. The summed E-state index contributed by atoms with van der Waals surface area (Å²) in [6.07, 6.45) is 6.51. The smallest absolute Gasteiger partial charge is 0.252 e. The van der Waals surface area contributed by atoms with Gasteiger partial charge in [0.2, 0.25) is 5.91 Å². The molecule has 1 saturated heterocycles. The molecule has 2 aromatic heterocycles. The van der Waals surface area contributed by atoms with Crippen LogP contribution in [0.1, 0.15) is 56.7 Å². The largest absolute Gasteiger partial charge is 0.381 e. The van der Waals surface area contributed by atoms with E-state index in [0.717, 1.165) is 37.0 Å². The number of sulfone groups is 1. The Balaban J connectivity index is 1.67. The van der Waals surface area contributed by atoms with E-state index < -0.39 is 26.7 Å². The molecule has 0 radical (unpaired) electrons. The average Bonchev–Trinajstić information content (AvgIpc) is 3.45. The number of nitrogens with one attached hydrogen (secondary N) is 1. The number of hydrogen-bond donors (Lipinski definition) is 1. The van der Waals surface area contributed by atoms with Gasteiger partial charge in [0.1, 0.15) is 10.4 Å². The molecule has 11 heteroatoms. The summed E-state index contributed by atoms with van der Waals surface area (Å²) in [4.78, 5) is 30.6. The fourth-order valence-electron chi connectivity index (χ4n) is 4.77. The minimum atomic E-state index is -3.57. The maximum absolute atomic E-state index is 13.3. The Morgan fingerprint density at radius 1 is 1.27 bits per heavy atom. The van der Waals surface area contributed by atoms with Crippen LogP contribution in [0.15, 0.2) is 28.0 Å². The minimum absolute atomic E-state index is 0.0464. The second kappa shape index (κ2) is 10.2. The van der Waals surface area contributed by atoms with Gasteiger partial charge in [-0.05, 0) is 51.0 Å². The number of hydrogen-bond acceptors (Lipinski definition) is 7. The zero-order valence-electron chi connectivity index (χ0n) is 18.5. The van der Waals surface area contributed by atoms with E-state index in [1.165, 1.54) is 22.9 Å². The highest BCUT2D eigenvalue weighted by molar-refractivity contribution is 7.92. The molecule has 1 atom stereocenters. The van der Waals surface area contributed by atoms with E-state index >= 15 is 0 Å². The van der Waals surface area contributed by atoms with Crippen molar-refractivity contribution in [3.05, 3.63) is 38.7 Å². The Kier molecular flexibility index (Phi) is 7.57. The van der Waals surface area contributed by atoms with Crippen LogP contribution >= 0.6 is 22.9 Å². The van der Waals surface area contributed by atoms with E-state index in [2.05, 4.69) is 10.3 Å². The lowest BCUT2D eigenvalue weighted by Gasteiger charge is -2.28. The monoisotopic (exact) mass is 513 g/mol. The topological polar surface area (TPSA) is 107 Å². The molecule has 1 N–H and O–H groups in total. The summed E-state index contributed by atoms with van der Waals surface area (Å²) in [6, 6.07) is 1.90. The first kappa shape index (κ1) is 24.4. The quantitative estimate of drug-likeness (QED) is 0.600. The van der Waals surface area contributed by atoms with Crippen LogP contribution in [0.25, 0.3) is 0 Å². The Hall–Kier alpha value is -1.75. The van der Waals surface area contributed by atoms with E-state index in [1.54, 1.807) is 6.92 Å². The summed E-state index contributed by atoms with van der Waals surface area (Å²) >= 11 is 7.08. The SMILES string of the molecule is Cc1cc(S(=O)(=O)C2CCCC2)cc(=O)n1C(CC1CCOCC1)C(=O)Nc1ncc(Cl)s1. The third-order valence-corrected chi connectivity index (χ3v) is 9.80. The van der Waals surface area contributed by atoms with Gasteiger partial charge >= 0.3 is 0 Å². The van der Waals surface area contributed by atoms with Crippen molar-refractivity contribution in [1.82, 2.24) is 9.55 Å². The summed E-state index contributed by atoms with van der Waals surface area (Å²) in [5.74, 6) is -0.160. The van der Waals surface area contributed by atoms with Crippen LogP contribution in [-0.4, -0.2) is 42.3 Å². The number of aryl methyl sites for hydroxylation is 1. The lowest BCUT2D eigenvalue weighted by molar-refractivity contribution is -0.120. The number of carbonyl (C=O) groups is 1. The molecular weight excluding hydrogens is 486 g/mol. The fourth-order valence-corrected chi connectivity index (χ4v) is 7.52. The highest BCUT2D eigenvalue weighted by atomic mass is 35.5. The normalized spacial score (nSPS) is 19.0. The Morgan fingerprint density at radius 3 is 2.58 bits per heavy atom. The van der Waals surface area contributed by atoms with Crippen molar-refractivity contribution in [2.75, 3.05) is 18.5 Å². The van der Waals surface area contributed by atoms with Gasteiger partial charge < -0.3 is 14.6 Å². The second-order valence-corrected chi connectivity index (χ2v) is 12.6. The minimum Gasteiger partial charge on any atom is -0.381 e. The van der Waals surface area contributed by atoms with Gasteiger partial charge in [-0.2, -0.15) is 0 Å². The number of thiazole rings is 1. The van der Waals surface area contributed by atoms with E-state index in [-0.39, 0.29) is 16.7 Å². The number of nitrogens with zero attached hydrogens (tertiary/aromatic N) is 2. The molecule has 1 amide bonds. The van der Waals surface area contributed by atoms with Crippen molar-refractivity contribution in [2.24, 2.45) is 5.92 Å². The highest BCUT2D eigenvalue weighted by Gasteiger charge is 2.33. The fraction of sp³-hybridized carbons (Fsp3) is 0.591. The van der Waals surface area contributed by atoms with Gasteiger partial charge in [0.25, 0.3) is 5.56 Å². The van der Waals surface area contributed by atoms with Gasteiger partial charge in [-0.3, -0.25) is 9.59 Å². The maximum Gasteiger partial charge on any atom is 0.252 e. The first-order valence-electron chi connectivity index (χ1n) is 11.2. The molecule has 1 unspecified atom stereocenters. The number of anilines is 1. The molecule has 3 heterocycles. The molecule has 2 fully saturated rings. The van der Waals surface area contributed by atoms with E-state index in [9.17, 15) is 18.0 Å². The van der Waals surface area contributed by atoms with Crippen molar-refractivity contribution >= 4 is 43.8 Å². The van der Waals surface area contributed by atoms with Crippen molar-refractivity contribution < 1.29 is 17.9 Å². The van der Waals surface area contributed by atoms with Gasteiger partial charge in [0, 0.05) is 25.0 Å². The number of rotatable bonds is 7. The molecule has 4 rings (SSSR count). The van der Waals surface area contributed by atoms with Crippen LogP contribution in [0.2, 0.25) is 4.34 Å². The lowest BCUT2D eigenvalue weighted by atomic mass is 9.91. The summed E-state index contributed by atoms with van der Waals surface area (Å²) in [7, 11) is -3.57. The number of pyridine rings is 1. The molecule has 0 bridgehead atoms. The lowest BCUT2D eigenvalue weighted by Crippen LogP contribution is -2.37. The predicted molar refractivity (Wildman–Crippen MR) is 128 cm³/mol. The number of amides is 1. The van der Waals surface area contributed by atoms with Gasteiger partial charge in [-0.1, -0.05) is 35.8 Å². The van der Waals surface area contributed by atoms with Crippen molar-refractivity contribution in [1.29, 1.82) is 0 Å². The predicted octanol–water partition coefficient (Wildman–Crippen LogP) is 3.98. The zero-order valence-corrected chi connectivity index (χ0v) is 20.8. The van der Waals surface area contributed by atoms with Crippen LogP contribution < -0.4 is 10.9 Å². The maximum atomic E-state index is 13.3. The first-order chi connectivity index (χ1) is 15.8. The summed E-state index contributed by atoms with van der Waals surface area (Å²) < 4.78 is 33.4. The molecule has 0 aromatic carbocycles. The highest BCUT2D eigenvalue weighted by Crippen LogP contribution is 2.31. The molecule has 2 aromatic rings. The van der Waals surface area contributed by atoms with E-state index in [0.29, 0.717) is 47.6 Å². The van der Waals surface area contributed by atoms with Crippen LogP contribution in [0.4, 0.5) is 5.13 Å². The van der Waals surface area contributed by atoms with Crippen molar-refractivity contribution in [3.8, 4) is 0 Å². The molecule has 1 aliphatic carbocycles. The molecule has 8 nitrogen and oxygen atoms in total. The number of carbonyl (C=O) groups excluding carboxylic acids is 1. The molecule has 2 aliphatic rings. The molecule has 180 valence electrons. The van der Waals surface area contributed by atoms with Gasteiger partial charge in [-0.25, -0.2) is 13.4 Å². The third kappa shape index (κ3) is 5.50. The van der Waals surface area contributed by atoms with Gasteiger partial charge in [0.05, 0.1) is 16.3 Å². The third-order valence-electron chi connectivity index (χ3n) is 6.52. The molecule has 33 heavy (non-hydrogen) atoms. The molecular formula is C22H28ClN3O5S2. The molecule has 1 aliphatic heterocycles. The number of halogens is 1. The molecule has 0 spiro atoms. The van der Waals surface area contributed by atoms with Crippen LogP contribution in [0.3, 0.4) is 0 Å². The van der Waals surface area contributed by atoms with Crippen LogP contribution in [0.5, 0.6) is 0 Å². The van der Waals surface area contributed by atoms with Crippen molar-refractivity contribution in [2.45, 2.75) is 68.1 Å². The summed E-state index contributed by atoms with van der Waals surface area (Å²) in [5.41, 5.74) is -0.0422. The molecule has 1 saturated carbocycles. The first-order valence-corrected chi connectivity index (χ1v) is 14.0. The number of ether oxygens (including phenoxy) is 1. The Labute approximate surface area is 202 Å². The average molecular weight is 514 g/mol. The van der Waals surface area contributed by atoms with E-state index in [4.69, 9.17) is 16.3 Å². The number of aromatic nitrogens is 2. The van der Waals surface area contributed by atoms with Gasteiger partial charge in [-0.15, -0.1) is 0 Å².